The number of nitrogen functional groups attached to an aromatic ring is 1. The van der Waals surface area contributed by atoms with Crippen LogP contribution in [0.1, 0.15) is 19.4 Å². The summed E-state index contributed by atoms with van der Waals surface area (Å²) in [7, 11) is -0.787. The van der Waals surface area contributed by atoms with Gasteiger partial charge in [0.2, 0.25) is 5.95 Å². The van der Waals surface area contributed by atoms with E-state index in [9.17, 15) is 4.21 Å². The molecule has 0 amide bonds. The number of hydrogen-bond acceptors (Lipinski definition) is 3. The van der Waals surface area contributed by atoms with E-state index >= 15 is 0 Å². The zero-order chi connectivity index (χ0) is 13.3. The molecule has 2 rings (SSSR count). The van der Waals surface area contributed by atoms with Crippen molar-refractivity contribution in [2.24, 2.45) is 0 Å². The Bertz CT molecular complexity index is 596. The van der Waals surface area contributed by atoms with Gasteiger partial charge in [-0.15, -0.1) is 0 Å². The topological polar surface area (TPSA) is 60.9 Å². The molecule has 1 aromatic carbocycles. The Morgan fingerprint density at radius 1 is 1.56 bits per heavy atom. The van der Waals surface area contributed by atoms with Gasteiger partial charge < -0.3 is 10.3 Å². The quantitative estimate of drug-likeness (QED) is 0.939. The molecule has 1 aromatic heterocycles. The molecule has 0 aliphatic heterocycles. The Labute approximate surface area is 114 Å². The van der Waals surface area contributed by atoms with Crippen LogP contribution in [-0.2, 0) is 10.8 Å². The summed E-state index contributed by atoms with van der Waals surface area (Å²) in [6, 6.07) is 5.71. The van der Waals surface area contributed by atoms with Gasteiger partial charge in [0.05, 0.1) is 11.0 Å². The summed E-state index contributed by atoms with van der Waals surface area (Å²) in [6.45, 7) is 2.05. The number of nitrogens with zero attached hydrogens (tertiary/aromatic N) is 2. The largest absolute Gasteiger partial charge is 0.369 e. The zero-order valence-electron chi connectivity index (χ0n) is 10.4. The monoisotopic (exact) mass is 285 g/mol. The molecule has 0 aliphatic carbocycles. The molecule has 2 unspecified atom stereocenters. The van der Waals surface area contributed by atoms with Crippen LogP contribution in [0.4, 0.5) is 5.95 Å². The van der Waals surface area contributed by atoms with E-state index in [4.69, 9.17) is 17.3 Å². The van der Waals surface area contributed by atoms with Gasteiger partial charge in [-0.05, 0) is 31.5 Å². The number of imidazole rings is 1. The maximum atomic E-state index is 11.1. The lowest BCUT2D eigenvalue weighted by molar-refractivity contribution is 0.552. The standard InChI is InChI=1S/C12H16ClN3OS/c1-8(5-6-18(2)17)16-11-4-3-9(13)7-10(11)15-12(16)14/h3-4,7-8H,5-6H2,1-2H3,(H2,14,15). The Balaban J connectivity index is 2.37. The van der Waals surface area contributed by atoms with Crippen LogP contribution in [-0.4, -0.2) is 25.8 Å². The molecule has 0 fully saturated rings. The van der Waals surface area contributed by atoms with Crippen molar-refractivity contribution in [1.82, 2.24) is 9.55 Å². The van der Waals surface area contributed by atoms with Crippen molar-refractivity contribution in [2.45, 2.75) is 19.4 Å². The van der Waals surface area contributed by atoms with Gasteiger partial charge in [-0.1, -0.05) is 11.6 Å². The maximum absolute atomic E-state index is 11.1. The first-order valence-electron chi connectivity index (χ1n) is 5.72. The Morgan fingerprint density at radius 2 is 2.28 bits per heavy atom. The van der Waals surface area contributed by atoms with Crippen LogP contribution in [0.25, 0.3) is 11.0 Å². The van der Waals surface area contributed by atoms with Crippen LogP contribution in [0.3, 0.4) is 0 Å². The van der Waals surface area contributed by atoms with Crippen LogP contribution in [0.2, 0.25) is 5.02 Å². The number of halogens is 1. The smallest absolute Gasteiger partial charge is 0.201 e. The Hall–Kier alpha value is -1.07. The molecule has 0 spiro atoms. The van der Waals surface area contributed by atoms with Crippen LogP contribution in [0.15, 0.2) is 18.2 Å². The van der Waals surface area contributed by atoms with Gasteiger partial charge in [-0.25, -0.2) is 4.98 Å². The molecule has 0 aliphatic rings. The third-order valence-electron chi connectivity index (χ3n) is 2.94. The zero-order valence-corrected chi connectivity index (χ0v) is 12.0. The lowest BCUT2D eigenvalue weighted by atomic mass is 10.2. The first kappa shape index (κ1) is 13.4. The van der Waals surface area contributed by atoms with Gasteiger partial charge in [0.1, 0.15) is 0 Å². The number of anilines is 1. The minimum absolute atomic E-state index is 0.167. The highest BCUT2D eigenvalue weighted by molar-refractivity contribution is 7.84. The summed E-state index contributed by atoms with van der Waals surface area (Å²) in [5.41, 5.74) is 7.70. The molecule has 6 heteroatoms. The molecule has 2 aromatic rings. The average Bonchev–Trinajstić information content (AvgIpc) is 2.61. The normalized spacial score (nSPS) is 14.8. The molecule has 0 radical (unpaired) electrons. The van der Waals surface area contributed by atoms with Gasteiger partial charge >= 0.3 is 0 Å². The second-order valence-corrected chi connectivity index (χ2v) is 6.38. The van der Waals surface area contributed by atoms with Crippen LogP contribution in [0.5, 0.6) is 0 Å². The maximum Gasteiger partial charge on any atom is 0.201 e. The number of nitrogens with two attached hydrogens (primary N) is 1. The Morgan fingerprint density at radius 3 is 2.94 bits per heavy atom. The summed E-state index contributed by atoms with van der Waals surface area (Å²) in [5.74, 6) is 1.13. The molecule has 4 nitrogen and oxygen atoms in total. The average molecular weight is 286 g/mol. The van der Waals surface area contributed by atoms with Gasteiger partial charge in [0, 0.05) is 33.9 Å². The molecule has 18 heavy (non-hydrogen) atoms. The molecule has 2 atom stereocenters. The van der Waals surface area contributed by atoms with E-state index in [1.807, 2.05) is 16.7 Å². The predicted octanol–water partition coefficient (Wildman–Crippen LogP) is 2.60. The van der Waals surface area contributed by atoms with Crippen LogP contribution >= 0.6 is 11.6 Å². The number of benzene rings is 1. The van der Waals surface area contributed by atoms with E-state index in [-0.39, 0.29) is 6.04 Å². The van der Waals surface area contributed by atoms with Crippen molar-refractivity contribution in [3.05, 3.63) is 23.2 Å². The van der Waals surface area contributed by atoms with Crippen molar-refractivity contribution in [1.29, 1.82) is 0 Å². The van der Waals surface area contributed by atoms with Crippen molar-refractivity contribution >= 4 is 39.4 Å². The molecular weight excluding hydrogens is 270 g/mol. The first-order valence-corrected chi connectivity index (χ1v) is 7.82. The van der Waals surface area contributed by atoms with Crippen molar-refractivity contribution < 1.29 is 4.21 Å². The van der Waals surface area contributed by atoms with E-state index in [0.29, 0.717) is 16.7 Å². The third kappa shape index (κ3) is 2.67. The van der Waals surface area contributed by atoms with Gasteiger partial charge in [0.25, 0.3) is 0 Å². The molecule has 98 valence electrons. The van der Waals surface area contributed by atoms with Crippen molar-refractivity contribution in [3.8, 4) is 0 Å². The summed E-state index contributed by atoms with van der Waals surface area (Å²) >= 11 is 5.93. The summed E-state index contributed by atoms with van der Waals surface area (Å²) in [5, 5.41) is 0.648. The lowest BCUT2D eigenvalue weighted by Crippen LogP contribution is -2.11. The van der Waals surface area contributed by atoms with Crippen LogP contribution < -0.4 is 5.73 Å². The number of rotatable bonds is 4. The van der Waals surface area contributed by atoms with E-state index in [1.165, 1.54) is 0 Å². The van der Waals surface area contributed by atoms with Crippen LogP contribution in [0, 0.1) is 0 Å². The second kappa shape index (κ2) is 5.28. The van der Waals surface area contributed by atoms with E-state index in [2.05, 4.69) is 11.9 Å². The Kier molecular flexibility index (Phi) is 3.92. The highest BCUT2D eigenvalue weighted by atomic mass is 35.5. The first-order chi connectivity index (χ1) is 8.49. The SMILES string of the molecule is CC(CCS(C)=O)n1c(N)nc2cc(Cl)ccc21. The lowest BCUT2D eigenvalue weighted by Gasteiger charge is -2.15. The highest BCUT2D eigenvalue weighted by Gasteiger charge is 2.14. The molecule has 0 saturated carbocycles. The molecule has 0 saturated heterocycles. The fraction of sp³-hybridized carbons (Fsp3) is 0.417. The highest BCUT2D eigenvalue weighted by Crippen LogP contribution is 2.26. The van der Waals surface area contributed by atoms with E-state index < -0.39 is 10.8 Å². The fourth-order valence-corrected chi connectivity index (χ4v) is 2.86. The van der Waals surface area contributed by atoms with Crippen molar-refractivity contribution in [3.63, 3.8) is 0 Å². The van der Waals surface area contributed by atoms with E-state index in [1.54, 1.807) is 12.3 Å². The van der Waals surface area contributed by atoms with Gasteiger partial charge in [-0.2, -0.15) is 0 Å². The minimum Gasteiger partial charge on any atom is -0.369 e. The fourth-order valence-electron chi connectivity index (χ4n) is 2.02. The summed E-state index contributed by atoms with van der Waals surface area (Å²) in [6.07, 6.45) is 2.52. The molecule has 0 bridgehead atoms. The van der Waals surface area contributed by atoms with E-state index in [0.717, 1.165) is 17.5 Å². The molecule has 1 heterocycles. The van der Waals surface area contributed by atoms with Gasteiger partial charge in [-0.3, -0.25) is 4.21 Å². The second-order valence-electron chi connectivity index (χ2n) is 4.39. The summed E-state index contributed by atoms with van der Waals surface area (Å²) < 4.78 is 13.1. The molecule has 2 N–H and O–H groups in total. The van der Waals surface area contributed by atoms with Crippen molar-refractivity contribution in [2.75, 3.05) is 17.7 Å². The number of aromatic nitrogens is 2. The number of hydrogen-bond donors (Lipinski definition) is 1. The van der Waals surface area contributed by atoms with Gasteiger partial charge in [0.15, 0.2) is 0 Å². The third-order valence-corrected chi connectivity index (χ3v) is 3.99. The predicted molar refractivity (Wildman–Crippen MR) is 77.4 cm³/mol. The molecular formula is C12H16ClN3OS. The minimum atomic E-state index is -0.787. The number of fused-ring (bicyclic) bond motifs is 1. The summed E-state index contributed by atoms with van der Waals surface area (Å²) in [4.78, 5) is 4.30.